The number of esters is 1. The van der Waals surface area contributed by atoms with Gasteiger partial charge in [0.25, 0.3) is 0 Å². The van der Waals surface area contributed by atoms with Crippen LogP contribution in [0.15, 0.2) is 46.9 Å². The van der Waals surface area contributed by atoms with E-state index in [0.717, 1.165) is 15.8 Å². The smallest absolute Gasteiger partial charge is 0.343 e. The number of ether oxygens (including phenoxy) is 2. The average molecular weight is 363 g/mol. The molecular formula is C18H19BrO3. The summed E-state index contributed by atoms with van der Waals surface area (Å²) in [6.07, 6.45) is 0. The number of carbonyl (C=O) groups excluding carboxylic acids is 1. The summed E-state index contributed by atoms with van der Waals surface area (Å²) in [5.41, 5.74) is 1.59. The summed E-state index contributed by atoms with van der Waals surface area (Å²) in [6, 6.07) is 12.6. The number of carbonyl (C=O) groups is 1. The molecule has 0 unspecified atom stereocenters. The van der Waals surface area contributed by atoms with Gasteiger partial charge in [-0.15, -0.1) is 0 Å². The van der Waals surface area contributed by atoms with Crippen LogP contribution < -0.4 is 9.47 Å². The van der Waals surface area contributed by atoms with Gasteiger partial charge >= 0.3 is 5.97 Å². The Balaban J connectivity index is 2.03. The third kappa shape index (κ3) is 4.60. The fourth-order valence-corrected chi connectivity index (χ4v) is 2.37. The topological polar surface area (TPSA) is 35.5 Å². The second-order valence-electron chi connectivity index (χ2n) is 5.55. The van der Waals surface area contributed by atoms with Gasteiger partial charge in [-0.25, -0.2) is 4.79 Å². The molecular weight excluding hydrogens is 344 g/mol. The van der Waals surface area contributed by atoms with Crippen LogP contribution in [-0.4, -0.2) is 12.6 Å². The highest BCUT2D eigenvalue weighted by Gasteiger charge is 2.11. The standard InChI is InChI=1S/C18H19BrO3/c1-12(2)11-21-15-7-5-14(6-8-15)18(20)22-17-9-4-13(3)10-16(17)19/h4-10,12H,11H2,1-3H3. The summed E-state index contributed by atoms with van der Waals surface area (Å²) in [4.78, 5) is 12.1. The number of benzene rings is 2. The number of rotatable bonds is 5. The first-order valence-corrected chi connectivity index (χ1v) is 7.96. The fourth-order valence-electron chi connectivity index (χ4n) is 1.80. The molecule has 3 nitrogen and oxygen atoms in total. The van der Waals surface area contributed by atoms with Gasteiger partial charge in [0.15, 0.2) is 0 Å². The zero-order valence-electron chi connectivity index (χ0n) is 12.9. The van der Waals surface area contributed by atoms with Crippen LogP contribution in [0.1, 0.15) is 29.8 Å². The molecule has 0 aliphatic heterocycles. The molecule has 0 atom stereocenters. The SMILES string of the molecule is Cc1ccc(OC(=O)c2ccc(OCC(C)C)cc2)c(Br)c1. The van der Waals surface area contributed by atoms with Gasteiger partial charge in [-0.05, 0) is 70.7 Å². The van der Waals surface area contributed by atoms with Crippen LogP contribution in [0, 0.1) is 12.8 Å². The highest BCUT2D eigenvalue weighted by atomic mass is 79.9. The number of hydrogen-bond acceptors (Lipinski definition) is 3. The molecule has 4 heteroatoms. The molecule has 0 fully saturated rings. The summed E-state index contributed by atoms with van der Waals surface area (Å²) in [6.45, 7) is 6.81. The van der Waals surface area contributed by atoms with Crippen molar-refractivity contribution in [2.45, 2.75) is 20.8 Å². The molecule has 0 amide bonds. The van der Waals surface area contributed by atoms with Crippen molar-refractivity contribution in [3.8, 4) is 11.5 Å². The maximum atomic E-state index is 12.1. The second kappa shape index (κ2) is 7.45. The van der Waals surface area contributed by atoms with Gasteiger partial charge in [-0.2, -0.15) is 0 Å². The van der Waals surface area contributed by atoms with E-state index in [4.69, 9.17) is 9.47 Å². The monoisotopic (exact) mass is 362 g/mol. The molecule has 22 heavy (non-hydrogen) atoms. The molecule has 116 valence electrons. The third-order valence-corrected chi connectivity index (χ3v) is 3.58. The Hall–Kier alpha value is -1.81. The van der Waals surface area contributed by atoms with E-state index in [-0.39, 0.29) is 5.97 Å². The minimum Gasteiger partial charge on any atom is -0.493 e. The van der Waals surface area contributed by atoms with Crippen LogP contribution in [0.4, 0.5) is 0 Å². The van der Waals surface area contributed by atoms with Gasteiger partial charge in [0.2, 0.25) is 0 Å². The van der Waals surface area contributed by atoms with E-state index in [9.17, 15) is 4.79 Å². The first-order chi connectivity index (χ1) is 10.5. The molecule has 0 aliphatic rings. The van der Waals surface area contributed by atoms with Gasteiger partial charge in [-0.3, -0.25) is 0 Å². The van der Waals surface area contributed by atoms with Gasteiger partial charge in [0.05, 0.1) is 16.6 Å². The Morgan fingerprint density at radius 1 is 1.14 bits per heavy atom. The Morgan fingerprint density at radius 2 is 1.82 bits per heavy atom. The van der Waals surface area contributed by atoms with E-state index in [1.54, 1.807) is 30.3 Å². The quantitative estimate of drug-likeness (QED) is 0.553. The van der Waals surface area contributed by atoms with E-state index in [2.05, 4.69) is 29.8 Å². The van der Waals surface area contributed by atoms with Gasteiger partial charge in [-0.1, -0.05) is 19.9 Å². The summed E-state index contributed by atoms with van der Waals surface area (Å²) >= 11 is 3.40. The normalized spacial score (nSPS) is 10.6. The average Bonchev–Trinajstić information content (AvgIpc) is 2.48. The first-order valence-electron chi connectivity index (χ1n) is 7.17. The Kier molecular flexibility index (Phi) is 5.61. The van der Waals surface area contributed by atoms with Crippen LogP contribution in [0.3, 0.4) is 0 Å². The molecule has 2 rings (SSSR count). The predicted octanol–water partition coefficient (Wildman–Crippen LogP) is 5.01. The maximum Gasteiger partial charge on any atom is 0.343 e. The summed E-state index contributed by atoms with van der Waals surface area (Å²) in [5.74, 6) is 1.33. The van der Waals surface area contributed by atoms with Crippen molar-refractivity contribution in [1.82, 2.24) is 0 Å². The van der Waals surface area contributed by atoms with Crippen molar-refractivity contribution in [3.63, 3.8) is 0 Å². The van der Waals surface area contributed by atoms with Crippen LogP contribution in [0.5, 0.6) is 11.5 Å². The summed E-state index contributed by atoms with van der Waals surface area (Å²) in [5, 5.41) is 0. The zero-order chi connectivity index (χ0) is 16.1. The van der Waals surface area contributed by atoms with Gasteiger partial charge in [0, 0.05) is 0 Å². The van der Waals surface area contributed by atoms with Gasteiger partial charge in [0.1, 0.15) is 11.5 Å². The second-order valence-corrected chi connectivity index (χ2v) is 6.41. The van der Waals surface area contributed by atoms with E-state index >= 15 is 0 Å². The lowest BCUT2D eigenvalue weighted by Gasteiger charge is -2.10. The van der Waals surface area contributed by atoms with Crippen LogP contribution in [-0.2, 0) is 0 Å². The molecule has 0 heterocycles. The minimum absolute atomic E-state index is 0.389. The van der Waals surface area contributed by atoms with Crippen molar-refractivity contribution in [2.75, 3.05) is 6.61 Å². The number of halogens is 1. The Morgan fingerprint density at radius 3 is 2.41 bits per heavy atom. The molecule has 0 N–H and O–H groups in total. The lowest BCUT2D eigenvalue weighted by Crippen LogP contribution is -2.09. The summed E-state index contributed by atoms with van der Waals surface area (Å²) < 4.78 is 11.8. The summed E-state index contributed by atoms with van der Waals surface area (Å²) in [7, 11) is 0. The molecule has 2 aromatic rings. The van der Waals surface area contributed by atoms with Crippen LogP contribution in [0.25, 0.3) is 0 Å². The molecule has 0 aromatic heterocycles. The largest absolute Gasteiger partial charge is 0.493 e. The van der Waals surface area contributed by atoms with E-state index in [0.29, 0.717) is 23.8 Å². The Bertz CT molecular complexity index is 648. The van der Waals surface area contributed by atoms with Crippen molar-refractivity contribution in [3.05, 3.63) is 58.1 Å². The van der Waals surface area contributed by atoms with Crippen molar-refractivity contribution >= 4 is 21.9 Å². The number of aryl methyl sites for hydroxylation is 1. The van der Waals surface area contributed by atoms with Crippen molar-refractivity contribution in [1.29, 1.82) is 0 Å². The fraction of sp³-hybridized carbons (Fsp3) is 0.278. The van der Waals surface area contributed by atoms with E-state index < -0.39 is 0 Å². The molecule has 2 aromatic carbocycles. The zero-order valence-corrected chi connectivity index (χ0v) is 14.5. The maximum absolute atomic E-state index is 12.1. The minimum atomic E-state index is -0.389. The van der Waals surface area contributed by atoms with Gasteiger partial charge < -0.3 is 9.47 Å². The first kappa shape index (κ1) is 16.6. The van der Waals surface area contributed by atoms with Crippen LogP contribution >= 0.6 is 15.9 Å². The molecule has 0 saturated heterocycles. The molecule has 0 radical (unpaired) electrons. The van der Waals surface area contributed by atoms with E-state index in [1.807, 2.05) is 19.1 Å². The lowest BCUT2D eigenvalue weighted by molar-refractivity contribution is 0.0733. The highest BCUT2D eigenvalue weighted by molar-refractivity contribution is 9.10. The molecule has 0 bridgehead atoms. The van der Waals surface area contributed by atoms with Crippen molar-refractivity contribution in [2.24, 2.45) is 5.92 Å². The van der Waals surface area contributed by atoms with Crippen molar-refractivity contribution < 1.29 is 14.3 Å². The highest BCUT2D eigenvalue weighted by Crippen LogP contribution is 2.26. The number of hydrogen-bond donors (Lipinski definition) is 0. The Labute approximate surface area is 139 Å². The third-order valence-electron chi connectivity index (χ3n) is 2.96. The molecule has 0 spiro atoms. The molecule has 0 saturated carbocycles. The lowest BCUT2D eigenvalue weighted by atomic mass is 10.2. The van der Waals surface area contributed by atoms with Crippen LogP contribution in [0.2, 0.25) is 0 Å². The van der Waals surface area contributed by atoms with E-state index in [1.165, 1.54) is 0 Å². The predicted molar refractivity (Wildman–Crippen MR) is 90.6 cm³/mol. The molecule has 0 aliphatic carbocycles.